The molecule has 0 saturated carbocycles. The van der Waals surface area contributed by atoms with Crippen LogP contribution < -0.4 is 10.6 Å². The van der Waals surface area contributed by atoms with Crippen molar-refractivity contribution in [3.05, 3.63) is 29.8 Å². The molecular formula is C16H22N6O2S. The van der Waals surface area contributed by atoms with Gasteiger partial charge >= 0.3 is 0 Å². The molecule has 0 aliphatic heterocycles. The molecule has 2 aromatic rings. The summed E-state index contributed by atoms with van der Waals surface area (Å²) in [7, 11) is 1.76. The van der Waals surface area contributed by atoms with Crippen molar-refractivity contribution in [2.24, 2.45) is 7.05 Å². The molecule has 0 atom stereocenters. The molecule has 134 valence electrons. The molecule has 2 rings (SSSR count). The third-order valence-corrected chi connectivity index (χ3v) is 4.21. The Morgan fingerprint density at radius 2 is 1.92 bits per heavy atom. The Bertz CT molecular complexity index is 714. The van der Waals surface area contributed by atoms with Crippen LogP contribution in [0.1, 0.15) is 25.8 Å². The average Bonchev–Trinajstić information content (AvgIpc) is 2.94. The van der Waals surface area contributed by atoms with Crippen molar-refractivity contribution in [1.82, 2.24) is 25.5 Å². The van der Waals surface area contributed by atoms with Crippen molar-refractivity contribution in [1.29, 1.82) is 0 Å². The summed E-state index contributed by atoms with van der Waals surface area (Å²) < 4.78 is 1.57. The fourth-order valence-electron chi connectivity index (χ4n) is 2.07. The molecule has 0 spiro atoms. The number of thioether (sulfide) groups is 1. The van der Waals surface area contributed by atoms with E-state index in [0.29, 0.717) is 29.4 Å². The van der Waals surface area contributed by atoms with Gasteiger partial charge in [-0.15, -0.1) is 5.10 Å². The Hall–Kier alpha value is -2.42. The SMILES string of the molecule is CC(C)NC(=O)Cc1ccc(NC(=O)CCSc2nnnn2C)cc1. The Morgan fingerprint density at radius 3 is 2.52 bits per heavy atom. The van der Waals surface area contributed by atoms with Crippen molar-refractivity contribution < 1.29 is 9.59 Å². The van der Waals surface area contributed by atoms with Gasteiger partial charge < -0.3 is 10.6 Å². The average molecular weight is 362 g/mol. The van der Waals surface area contributed by atoms with Crippen LogP contribution in [0.3, 0.4) is 0 Å². The number of rotatable bonds is 8. The highest BCUT2D eigenvalue weighted by atomic mass is 32.2. The van der Waals surface area contributed by atoms with Crippen LogP contribution in [0.25, 0.3) is 0 Å². The molecule has 2 N–H and O–H groups in total. The maximum Gasteiger partial charge on any atom is 0.225 e. The van der Waals surface area contributed by atoms with Crippen molar-refractivity contribution >= 4 is 29.3 Å². The number of anilines is 1. The van der Waals surface area contributed by atoms with Crippen molar-refractivity contribution in [2.75, 3.05) is 11.1 Å². The van der Waals surface area contributed by atoms with E-state index in [-0.39, 0.29) is 17.9 Å². The number of carbonyl (C=O) groups excluding carboxylic acids is 2. The highest BCUT2D eigenvalue weighted by Crippen LogP contribution is 2.15. The van der Waals surface area contributed by atoms with E-state index in [1.54, 1.807) is 23.9 Å². The lowest BCUT2D eigenvalue weighted by molar-refractivity contribution is -0.121. The quantitative estimate of drug-likeness (QED) is 0.688. The number of aromatic nitrogens is 4. The van der Waals surface area contributed by atoms with Gasteiger partial charge in [0.25, 0.3) is 0 Å². The van der Waals surface area contributed by atoms with Crippen LogP contribution in [-0.2, 0) is 23.1 Å². The van der Waals surface area contributed by atoms with Gasteiger partial charge in [0.05, 0.1) is 6.42 Å². The fourth-order valence-corrected chi connectivity index (χ4v) is 2.85. The number of hydrogen-bond acceptors (Lipinski definition) is 6. The molecule has 25 heavy (non-hydrogen) atoms. The zero-order valence-electron chi connectivity index (χ0n) is 14.5. The summed E-state index contributed by atoms with van der Waals surface area (Å²) >= 11 is 1.43. The molecule has 0 unspecified atom stereocenters. The highest BCUT2D eigenvalue weighted by molar-refractivity contribution is 7.99. The predicted molar refractivity (Wildman–Crippen MR) is 96.2 cm³/mol. The minimum Gasteiger partial charge on any atom is -0.354 e. The topological polar surface area (TPSA) is 102 Å². The second kappa shape index (κ2) is 9.16. The zero-order valence-corrected chi connectivity index (χ0v) is 15.3. The van der Waals surface area contributed by atoms with Gasteiger partial charge in [-0.25, -0.2) is 4.68 Å². The summed E-state index contributed by atoms with van der Waals surface area (Å²) in [6.45, 7) is 3.85. The molecular weight excluding hydrogens is 340 g/mol. The number of aryl methyl sites for hydroxylation is 1. The molecule has 9 heteroatoms. The molecule has 1 heterocycles. The van der Waals surface area contributed by atoms with Gasteiger partial charge in [0.15, 0.2) is 0 Å². The molecule has 0 fully saturated rings. The van der Waals surface area contributed by atoms with Crippen LogP contribution in [-0.4, -0.2) is 43.8 Å². The number of tetrazole rings is 1. The second-order valence-electron chi connectivity index (χ2n) is 5.83. The lowest BCUT2D eigenvalue weighted by atomic mass is 10.1. The van der Waals surface area contributed by atoms with E-state index in [2.05, 4.69) is 26.2 Å². The maximum atomic E-state index is 12.0. The summed E-state index contributed by atoms with van der Waals surface area (Å²) in [4.78, 5) is 23.7. The number of nitrogens with zero attached hydrogens (tertiary/aromatic N) is 4. The standard InChI is InChI=1S/C16H22N6O2S/c1-11(2)17-15(24)10-12-4-6-13(7-5-12)18-14(23)8-9-25-16-19-20-21-22(16)3/h4-7,11H,8-10H2,1-3H3,(H,17,24)(H,18,23). The third-order valence-electron chi connectivity index (χ3n) is 3.19. The van der Waals surface area contributed by atoms with E-state index in [1.165, 1.54) is 11.8 Å². The van der Waals surface area contributed by atoms with Gasteiger partial charge in [0.1, 0.15) is 0 Å². The number of nitrogens with one attached hydrogen (secondary N) is 2. The van der Waals surface area contributed by atoms with Crippen LogP contribution in [0, 0.1) is 0 Å². The Balaban J connectivity index is 1.75. The number of benzene rings is 1. The molecule has 0 aliphatic carbocycles. The van der Waals surface area contributed by atoms with Crippen LogP contribution in [0.5, 0.6) is 0 Å². The summed E-state index contributed by atoms with van der Waals surface area (Å²) in [6.07, 6.45) is 0.685. The summed E-state index contributed by atoms with van der Waals surface area (Å²) in [6, 6.07) is 7.41. The molecule has 1 aromatic heterocycles. The van der Waals surface area contributed by atoms with E-state index in [0.717, 1.165) is 5.56 Å². The molecule has 8 nitrogen and oxygen atoms in total. The fraction of sp³-hybridized carbons (Fsp3) is 0.438. The Labute approximate surface area is 150 Å². The lowest BCUT2D eigenvalue weighted by Gasteiger charge is -2.09. The smallest absolute Gasteiger partial charge is 0.225 e. The van der Waals surface area contributed by atoms with Gasteiger partial charge in [-0.2, -0.15) is 0 Å². The first-order chi connectivity index (χ1) is 11.9. The highest BCUT2D eigenvalue weighted by Gasteiger charge is 2.08. The van der Waals surface area contributed by atoms with Crippen LogP contribution in [0.2, 0.25) is 0 Å². The van der Waals surface area contributed by atoms with E-state index < -0.39 is 0 Å². The van der Waals surface area contributed by atoms with Gasteiger partial charge in [-0.05, 0) is 42.0 Å². The molecule has 0 bridgehead atoms. The molecule has 0 aliphatic rings. The summed E-state index contributed by atoms with van der Waals surface area (Å²) in [5, 5.41) is 17.5. The number of carbonyl (C=O) groups is 2. The van der Waals surface area contributed by atoms with Gasteiger partial charge in [-0.3, -0.25) is 9.59 Å². The summed E-state index contributed by atoms with van der Waals surface area (Å²) in [5.74, 6) is 0.503. The van der Waals surface area contributed by atoms with Gasteiger partial charge in [-0.1, -0.05) is 23.9 Å². The summed E-state index contributed by atoms with van der Waals surface area (Å²) in [5.41, 5.74) is 1.62. The zero-order chi connectivity index (χ0) is 18.2. The Morgan fingerprint density at radius 1 is 1.20 bits per heavy atom. The van der Waals surface area contributed by atoms with Crippen LogP contribution in [0.4, 0.5) is 5.69 Å². The van der Waals surface area contributed by atoms with Crippen molar-refractivity contribution in [3.63, 3.8) is 0 Å². The number of hydrogen-bond donors (Lipinski definition) is 2. The molecule has 1 aromatic carbocycles. The molecule has 2 amide bonds. The number of amides is 2. The first kappa shape index (κ1) is 18.9. The normalized spacial score (nSPS) is 10.7. The largest absolute Gasteiger partial charge is 0.354 e. The van der Waals surface area contributed by atoms with Crippen LogP contribution >= 0.6 is 11.8 Å². The van der Waals surface area contributed by atoms with Gasteiger partial charge in [0, 0.05) is 31.0 Å². The predicted octanol–water partition coefficient (Wildman–Crippen LogP) is 1.40. The van der Waals surface area contributed by atoms with Gasteiger partial charge in [0.2, 0.25) is 17.0 Å². The van der Waals surface area contributed by atoms with E-state index >= 15 is 0 Å². The van der Waals surface area contributed by atoms with Crippen LogP contribution in [0.15, 0.2) is 29.4 Å². The second-order valence-corrected chi connectivity index (χ2v) is 6.89. The van der Waals surface area contributed by atoms with E-state index in [1.807, 2.05) is 26.0 Å². The molecule has 0 radical (unpaired) electrons. The van der Waals surface area contributed by atoms with E-state index in [9.17, 15) is 9.59 Å². The van der Waals surface area contributed by atoms with Crippen molar-refractivity contribution in [3.8, 4) is 0 Å². The Kier molecular flexibility index (Phi) is 6.93. The lowest BCUT2D eigenvalue weighted by Crippen LogP contribution is -2.31. The third kappa shape index (κ3) is 6.54. The van der Waals surface area contributed by atoms with E-state index in [4.69, 9.17) is 0 Å². The monoisotopic (exact) mass is 362 g/mol. The minimum absolute atomic E-state index is 0.0120. The first-order valence-electron chi connectivity index (χ1n) is 7.97. The minimum atomic E-state index is -0.0760. The maximum absolute atomic E-state index is 12.0. The molecule has 0 saturated heterocycles. The van der Waals surface area contributed by atoms with Crippen molar-refractivity contribution in [2.45, 2.75) is 37.9 Å². The first-order valence-corrected chi connectivity index (χ1v) is 8.96.